The van der Waals surface area contributed by atoms with Gasteiger partial charge in [0.2, 0.25) is 0 Å². The third kappa shape index (κ3) is 4.80. The van der Waals surface area contributed by atoms with E-state index in [0.717, 1.165) is 31.6 Å². The molecule has 1 aromatic rings. The normalized spacial score (nSPS) is 22.1. The average molecular weight is 277 g/mol. The molecule has 2 rings (SSSR count). The fourth-order valence-corrected chi connectivity index (χ4v) is 2.60. The molecule has 3 nitrogen and oxygen atoms in total. The number of hydrogen-bond donors (Lipinski definition) is 1. The standard InChI is InChI=1S/C17H27NO2/c1-3-4-5-14-6-8-15(9-7-14)19-13-17-11-10-16(20-17)12-18-2/h6-9,16-18H,3-5,10-13H2,1-2H3. The van der Waals surface area contributed by atoms with Crippen molar-refractivity contribution in [2.75, 3.05) is 20.2 Å². The Balaban J connectivity index is 1.71. The second-order valence-corrected chi connectivity index (χ2v) is 5.57. The van der Waals surface area contributed by atoms with Crippen LogP contribution in [0.1, 0.15) is 38.2 Å². The predicted molar refractivity (Wildman–Crippen MR) is 82.4 cm³/mol. The van der Waals surface area contributed by atoms with E-state index in [9.17, 15) is 0 Å². The number of benzene rings is 1. The summed E-state index contributed by atoms with van der Waals surface area (Å²) in [6.45, 7) is 3.82. The van der Waals surface area contributed by atoms with E-state index in [0.29, 0.717) is 12.7 Å². The van der Waals surface area contributed by atoms with Crippen molar-refractivity contribution in [2.45, 2.75) is 51.2 Å². The van der Waals surface area contributed by atoms with E-state index >= 15 is 0 Å². The van der Waals surface area contributed by atoms with E-state index in [-0.39, 0.29) is 6.10 Å². The van der Waals surface area contributed by atoms with E-state index in [4.69, 9.17) is 9.47 Å². The molecule has 1 aliphatic heterocycles. The van der Waals surface area contributed by atoms with Crippen LogP contribution in [0, 0.1) is 0 Å². The third-order valence-corrected chi connectivity index (χ3v) is 3.81. The summed E-state index contributed by atoms with van der Waals surface area (Å²) in [5, 5.41) is 3.16. The van der Waals surface area contributed by atoms with Crippen molar-refractivity contribution in [3.05, 3.63) is 29.8 Å². The first kappa shape index (κ1) is 15.3. The van der Waals surface area contributed by atoms with Crippen molar-refractivity contribution in [3.63, 3.8) is 0 Å². The molecular weight excluding hydrogens is 250 g/mol. The van der Waals surface area contributed by atoms with Gasteiger partial charge in [0.15, 0.2) is 0 Å². The van der Waals surface area contributed by atoms with Gasteiger partial charge in [-0.3, -0.25) is 0 Å². The van der Waals surface area contributed by atoms with Gasteiger partial charge in [-0.15, -0.1) is 0 Å². The van der Waals surface area contributed by atoms with Gasteiger partial charge < -0.3 is 14.8 Å². The SMILES string of the molecule is CCCCc1ccc(OCC2CCC(CNC)O2)cc1. The zero-order valence-electron chi connectivity index (χ0n) is 12.7. The lowest BCUT2D eigenvalue weighted by atomic mass is 10.1. The molecule has 0 aromatic heterocycles. The second-order valence-electron chi connectivity index (χ2n) is 5.57. The minimum absolute atomic E-state index is 0.244. The van der Waals surface area contributed by atoms with Gasteiger partial charge >= 0.3 is 0 Å². The van der Waals surface area contributed by atoms with Crippen molar-refractivity contribution >= 4 is 0 Å². The smallest absolute Gasteiger partial charge is 0.119 e. The topological polar surface area (TPSA) is 30.5 Å². The molecule has 2 unspecified atom stereocenters. The van der Waals surface area contributed by atoms with E-state index < -0.39 is 0 Å². The summed E-state index contributed by atoms with van der Waals surface area (Å²) < 4.78 is 11.7. The fraction of sp³-hybridized carbons (Fsp3) is 0.647. The number of rotatable bonds is 8. The summed E-state index contributed by atoms with van der Waals surface area (Å²) in [6.07, 6.45) is 6.48. The van der Waals surface area contributed by atoms with Gasteiger partial charge in [0.1, 0.15) is 12.4 Å². The van der Waals surface area contributed by atoms with Crippen LogP contribution in [0.3, 0.4) is 0 Å². The average Bonchev–Trinajstić information content (AvgIpc) is 2.92. The Morgan fingerprint density at radius 1 is 1.20 bits per heavy atom. The summed E-state index contributed by atoms with van der Waals surface area (Å²) in [7, 11) is 1.97. The van der Waals surface area contributed by atoms with Crippen LogP contribution in [0.25, 0.3) is 0 Å². The van der Waals surface area contributed by atoms with Gasteiger partial charge in [-0.2, -0.15) is 0 Å². The molecule has 1 fully saturated rings. The molecule has 112 valence electrons. The van der Waals surface area contributed by atoms with Gasteiger partial charge in [0, 0.05) is 6.54 Å². The van der Waals surface area contributed by atoms with Gasteiger partial charge in [0.25, 0.3) is 0 Å². The minimum atomic E-state index is 0.244. The fourth-order valence-electron chi connectivity index (χ4n) is 2.60. The second kappa shape index (κ2) is 8.28. The lowest BCUT2D eigenvalue weighted by Crippen LogP contribution is -2.25. The Morgan fingerprint density at radius 3 is 2.65 bits per heavy atom. The Bertz CT molecular complexity index is 377. The molecule has 2 atom stereocenters. The maximum Gasteiger partial charge on any atom is 0.119 e. The first-order chi connectivity index (χ1) is 9.81. The number of nitrogens with one attached hydrogen (secondary N) is 1. The highest BCUT2D eigenvalue weighted by molar-refractivity contribution is 5.27. The van der Waals surface area contributed by atoms with Crippen LogP contribution in [0.5, 0.6) is 5.75 Å². The molecule has 1 aliphatic rings. The van der Waals surface area contributed by atoms with Crippen molar-refractivity contribution in [1.82, 2.24) is 5.32 Å². The van der Waals surface area contributed by atoms with Gasteiger partial charge in [-0.1, -0.05) is 25.5 Å². The maximum absolute atomic E-state index is 5.91. The lowest BCUT2D eigenvalue weighted by molar-refractivity contribution is 0.0193. The lowest BCUT2D eigenvalue weighted by Gasteiger charge is -2.14. The van der Waals surface area contributed by atoms with Crippen LogP contribution < -0.4 is 10.1 Å². The monoisotopic (exact) mass is 277 g/mol. The van der Waals surface area contributed by atoms with Gasteiger partial charge in [-0.05, 0) is 50.4 Å². The summed E-state index contributed by atoms with van der Waals surface area (Å²) in [5.74, 6) is 0.950. The molecule has 0 saturated carbocycles. The number of ether oxygens (including phenoxy) is 2. The Labute approximate surface area is 122 Å². The van der Waals surface area contributed by atoms with Crippen molar-refractivity contribution in [1.29, 1.82) is 0 Å². The highest BCUT2D eigenvalue weighted by atomic mass is 16.5. The van der Waals surface area contributed by atoms with Crippen LogP contribution in [-0.2, 0) is 11.2 Å². The third-order valence-electron chi connectivity index (χ3n) is 3.81. The molecule has 1 heterocycles. The molecule has 0 bridgehead atoms. The molecule has 20 heavy (non-hydrogen) atoms. The van der Waals surface area contributed by atoms with Crippen molar-refractivity contribution < 1.29 is 9.47 Å². The molecule has 0 spiro atoms. The minimum Gasteiger partial charge on any atom is -0.491 e. The quantitative estimate of drug-likeness (QED) is 0.791. The first-order valence-electron chi connectivity index (χ1n) is 7.83. The van der Waals surface area contributed by atoms with Gasteiger partial charge in [0.05, 0.1) is 12.2 Å². The molecule has 3 heteroatoms. The van der Waals surface area contributed by atoms with Crippen molar-refractivity contribution in [2.24, 2.45) is 0 Å². The number of hydrogen-bond acceptors (Lipinski definition) is 3. The van der Waals surface area contributed by atoms with Gasteiger partial charge in [-0.25, -0.2) is 0 Å². The Morgan fingerprint density at radius 2 is 1.95 bits per heavy atom. The van der Waals surface area contributed by atoms with E-state index in [1.165, 1.54) is 18.4 Å². The van der Waals surface area contributed by atoms with E-state index in [2.05, 4.69) is 36.5 Å². The number of aryl methyl sites for hydroxylation is 1. The molecule has 1 saturated heterocycles. The number of unbranched alkanes of at least 4 members (excludes halogenated alkanes) is 1. The molecular formula is C17H27NO2. The number of likely N-dealkylation sites (N-methyl/N-ethyl adjacent to an activating group) is 1. The van der Waals surface area contributed by atoms with Crippen LogP contribution >= 0.6 is 0 Å². The highest BCUT2D eigenvalue weighted by Gasteiger charge is 2.24. The molecule has 1 N–H and O–H groups in total. The first-order valence-corrected chi connectivity index (χ1v) is 7.83. The maximum atomic E-state index is 5.91. The summed E-state index contributed by atoms with van der Waals surface area (Å²) in [4.78, 5) is 0. The Hall–Kier alpha value is -1.06. The highest BCUT2D eigenvalue weighted by Crippen LogP contribution is 2.21. The van der Waals surface area contributed by atoms with E-state index in [1.54, 1.807) is 0 Å². The van der Waals surface area contributed by atoms with Crippen LogP contribution in [0.4, 0.5) is 0 Å². The van der Waals surface area contributed by atoms with Crippen LogP contribution in [-0.4, -0.2) is 32.4 Å². The summed E-state index contributed by atoms with van der Waals surface area (Å²) in [6, 6.07) is 8.49. The molecule has 0 amide bonds. The zero-order chi connectivity index (χ0) is 14.2. The van der Waals surface area contributed by atoms with Crippen molar-refractivity contribution in [3.8, 4) is 5.75 Å². The summed E-state index contributed by atoms with van der Waals surface area (Å²) in [5.41, 5.74) is 1.39. The summed E-state index contributed by atoms with van der Waals surface area (Å²) >= 11 is 0. The molecule has 0 aliphatic carbocycles. The molecule has 0 radical (unpaired) electrons. The van der Waals surface area contributed by atoms with Crippen LogP contribution in [0.2, 0.25) is 0 Å². The Kier molecular flexibility index (Phi) is 6.34. The van der Waals surface area contributed by atoms with E-state index in [1.807, 2.05) is 7.05 Å². The predicted octanol–water partition coefficient (Wildman–Crippen LogP) is 3.18. The zero-order valence-corrected chi connectivity index (χ0v) is 12.7. The van der Waals surface area contributed by atoms with Crippen LogP contribution in [0.15, 0.2) is 24.3 Å². The molecule has 1 aromatic carbocycles. The largest absolute Gasteiger partial charge is 0.491 e.